The maximum atomic E-state index is 4.44. The molecule has 0 saturated carbocycles. The monoisotopic (exact) mass is 307 g/mol. The quantitative estimate of drug-likeness (QED) is 0.920. The Hall–Kier alpha value is -1.13. The number of hydrogen-bond acceptors (Lipinski definition) is 2. The molecule has 0 saturated heterocycles. The van der Waals surface area contributed by atoms with Crippen LogP contribution >= 0.6 is 15.9 Å². The van der Waals surface area contributed by atoms with E-state index in [4.69, 9.17) is 0 Å². The van der Waals surface area contributed by atoms with Gasteiger partial charge in [0.2, 0.25) is 0 Å². The number of halogens is 1. The van der Waals surface area contributed by atoms with Gasteiger partial charge >= 0.3 is 0 Å². The minimum Gasteiger partial charge on any atom is -0.307 e. The zero-order valence-corrected chi connectivity index (χ0v) is 12.4. The third-order valence-electron chi connectivity index (χ3n) is 2.97. The lowest BCUT2D eigenvalue weighted by Crippen LogP contribution is -2.15. The van der Waals surface area contributed by atoms with Gasteiger partial charge in [0, 0.05) is 24.6 Å². The summed E-state index contributed by atoms with van der Waals surface area (Å²) in [6.07, 6.45) is 0.984. The van der Waals surface area contributed by atoms with E-state index in [2.05, 4.69) is 57.5 Å². The molecular formula is C14H18BrN3. The molecule has 1 aromatic carbocycles. The van der Waals surface area contributed by atoms with Crippen LogP contribution in [0.2, 0.25) is 0 Å². The normalized spacial score (nSPS) is 10.8. The minimum absolute atomic E-state index is 0.838. The van der Waals surface area contributed by atoms with Crippen molar-refractivity contribution >= 4 is 15.9 Å². The summed E-state index contributed by atoms with van der Waals surface area (Å²) in [4.78, 5) is 0. The van der Waals surface area contributed by atoms with Crippen LogP contribution in [0, 0.1) is 0 Å². The van der Waals surface area contributed by atoms with Crippen molar-refractivity contribution in [3.05, 3.63) is 51.8 Å². The summed E-state index contributed by atoms with van der Waals surface area (Å²) in [6, 6.07) is 10.4. The molecule has 1 aromatic heterocycles. The van der Waals surface area contributed by atoms with Crippen LogP contribution in [0.5, 0.6) is 0 Å². The van der Waals surface area contributed by atoms with Gasteiger partial charge in [0.25, 0.3) is 0 Å². The van der Waals surface area contributed by atoms with Crippen LogP contribution in [0.25, 0.3) is 0 Å². The SMILES string of the molecule is CCc1cc(CNCc2ccccc2Br)n(C)n1. The van der Waals surface area contributed by atoms with E-state index in [1.165, 1.54) is 11.3 Å². The average molecular weight is 308 g/mol. The molecule has 3 nitrogen and oxygen atoms in total. The zero-order valence-electron chi connectivity index (χ0n) is 10.8. The molecule has 0 radical (unpaired) electrons. The number of nitrogens with one attached hydrogen (secondary N) is 1. The molecule has 1 heterocycles. The van der Waals surface area contributed by atoms with Crippen molar-refractivity contribution in [1.82, 2.24) is 15.1 Å². The molecule has 96 valence electrons. The van der Waals surface area contributed by atoms with Gasteiger partial charge in [-0.3, -0.25) is 4.68 Å². The van der Waals surface area contributed by atoms with Crippen LogP contribution in [0.4, 0.5) is 0 Å². The molecule has 0 fully saturated rings. The molecule has 0 unspecified atom stereocenters. The molecule has 2 aromatic rings. The summed E-state index contributed by atoms with van der Waals surface area (Å²) in [6.45, 7) is 3.82. The predicted octanol–water partition coefficient (Wildman–Crippen LogP) is 3.03. The van der Waals surface area contributed by atoms with Gasteiger partial charge in [-0.15, -0.1) is 0 Å². The average Bonchev–Trinajstić information content (AvgIpc) is 2.73. The first kappa shape index (κ1) is 13.3. The van der Waals surface area contributed by atoms with Crippen LogP contribution in [0.15, 0.2) is 34.8 Å². The summed E-state index contributed by atoms with van der Waals surface area (Å²) in [5.41, 5.74) is 3.64. The highest BCUT2D eigenvalue weighted by Crippen LogP contribution is 2.15. The summed E-state index contributed by atoms with van der Waals surface area (Å²) < 4.78 is 3.10. The highest BCUT2D eigenvalue weighted by molar-refractivity contribution is 9.10. The van der Waals surface area contributed by atoms with Gasteiger partial charge in [0.1, 0.15) is 0 Å². The van der Waals surface area contributed by atoms with Gasteiger partial charge < -0.3 is 5.32 Å². The van der Waals surface area contributed by atoms with Crippen LogP contribution in [-0.4, -0.2) is 9.78 Å². The topological polar surface area (TPSA) is 29.9 Å². The lowest BCUT2D eigenvalue weighted by atomic mass is 10.2. The highest BCUT2D eigenvalue weighted by Gasteiger charge is 2.03. The summed E-state index contributed by atoms with van der Waals surface area (Å²) in [5, 5.41) is 7.89. The largest absolute Gasteiger partial charge is 0.307 e. The molecule has 1 N–H and O–H groups in total. The standard InChI is InChI=1S/C14H18BrN3/c1-3-12-8-13(18(2)17-12)10-16-9-11-6-4-5-7-14(11)15/h4-8,16H,3,9-10H2,1-2H3. The van der Waals surface area contributed by atoms with E-state index in [9.17, 15) is 0 Å². The number of nitrogens with zero attached hydrogens (tertiary/aromatic N) is 2. The third kappa shape index (κ3) is 3.21. The van der Waals surface area contributed by atoms with Crippen LogP contribution in [0.3, 0.4) is 0 Å². The molecule has 0 bridgehead atoms. The molecule has 0 spiro atoms. The Labute approximate surface area is 116 Å². The molecular weight excluding hydrogens is 290 g/mol. The Bertz CT molecular complexity index is 520. The van der Waals surface area contributed by atoms with Gasteiger partial charge in [-0.1, -0.05) is 41.1 Å². The number of rotatable bonds is 5. The van der Waals surface area contributed by atoms with Crippen molar-refractivity contribution in [1.29, 1.82) is 0 Å². The van der Waals surface area contributed by atoms with Gasteiger partial charge in [-0.25, -0.2) is 0 Å². The Balaban J connectivity index is 1.92. The van der Waals surface area contributed by atoms with Gasteiger partial charge in [0.15, 0.2) is 0 Å². The maximum absolute atomic E-state index is 4.44. The van der Waals surface area contributed by atoms with Crippen molar-refractivity contribution in [2.24, 2.45) is 7.05 Å². The number of hydrogen-bond donors (Lipinski definition) is 1. The smallest absolute Gasteiger partial charge is 0.0625 e. The first-order chi connectivity index (χ1) is 8.70. The van der Waals surface area contributed by atoms with Gasteiger partial charge in [-0.05, 0) is 24.1 Å². The zero-order chi connectivity index (χ0) is 13.0. The Morgan fingerprint density at radius 1 is 1.28 bits per heavy atom. The summed E-state index contributed by atoms with van der Waals surface area (Å²) in [5.74, 6) is 0. The minimum atomic E-state index is 0.838. The number of benzene rings is 1. The first-order valence-corrected chi connectivity index (χ1v) is 6.96. The number of aryl methyl sites for hydroxylation is 2. The van der Waals surface area contributed by atoms with Crippen molar-refractivity contribution in [2.75, 3.05) is 0 Å². The lowest BCUT2D eigenvalue weighted by molar-refractivity contribution is 0.622. The van der Waals surface area contributed by atoms with Crippen molar-refractivity contribution in [3.63, 3.8) is 0 Å². The van der Waals surface area contributed by atoms with Crippen LogP contribution < -0.4 is 5.32 Å². The molecule has 4 heteroatoms. The molecule has 0 aliphatic carbocycles. The maximum Gasteiger partial charge on any atom is 0.0625 e. The van der Waals surface area contributed by atoms with Crippen molar-refractivity contribution < 1.29 is 0 Å². The van der Waals surface area contributed by atoms with E-state index in [1.807, 2.05) is 17.8 Å². The van der Waals surface area contributed by atoms with E-state index in [0.717, 1.165) is 29.7 Å². The van der Waals surface area contributed by atoms with Crippen LogP contribution in [-0.2, 0) is 26.6 Å². The fourth-order valence-corrected chi connectivity index (χ4v) is 2.30. The van der Waals surface area contributed by atoms with E-state index in [0.29, 0.717) is 0 Å². The fourth-order valence-electron chi connectivity index (χ4n) is 1.88. The number of aromatic nitrogens is 2. The highest BCUT2D eigenvalue weighted by atomic mass is 79.9. The molecule has 0 aliphatic rings. The second-order valence-corrected chi connectivity index (χ2v) is 5.15. The third-order valence-corrected chi connectivity index (χ3v) is 3.74. The fraction of sp³-hybridized carbons (Fsp3) is 0.357. The van der Waals surface area contributed by atoms with E-state index in [-0.39, 0.29) is 0 Å². The van der Waals surface area contributed by atoms with Crippen molar-refractivity contribution in [2.45, 2.75) is 26.4 Å². The van der Waals surface area contributed by atoms with E-state index < -0.39 is 0 Å². The first-order valence-electron chi connectivity index (χ1n) is 6.16. The van der Waals surface area contributed by atoms with Crippen LogP contribution in [0.1, 0.15) is 23.9 Å². The van der Waals surface area contributed by atoms with Gasteiger partial charge in [0.05, 0.1) is 11.4 Å². The molecule has 0 amide bonds. The Kier molecular flexibility index (Phi) is 4.55. The van der Waals surface area contributed by atoms with E-state index >= 15 is 0 Å². The van der Waals surface area contributed by atoms with Gasteiger partial charge in [-0.2, -0.15) is 5.10 Å². The van der Waals surface area contributed by atoms with E-state index in [1.54, 1.807) is 0 Å². The molecule has 2 rings (SSSR count). The summed E-state index contributed by atoms with van der Waals surface area (Å²) in [7, 11) is 1.99. The lowest BCUT2D eigenvalue weighted by Gasteiger charge is -2.06. The second kappa shape index (κ2) is 6.16. The predicted molar refractivity (Wildman–Crippen MR) is 77.3 cm³/mol. The van der Waals surface area contributed by atoms with Crippen molar-refractivity contribution in [3.8, 4) is 0 Å². The molecule has 0 atom stereocenters. The summed E-state index contributed by atoms with van der Waals surface area (Å²) >= 11 is 3.55. The second-order valence-electron chi connectivity index (χ2n) is 4.30. The molecule has 18 heavy (non-hydrogen) atoms. The Morgan fingerprint density at radius 3 is 2.72 bits per heavy atom. The Morgan fingerprint density at radius 2 is 2.06 bits per heavy atom. The molecule has 0 aliphatic heterocycles.